The lowest BCUT2D eigenvalue weighted by atomic mass is 10.1. The van der Waals surface area contributed by atoms with Crippen LogP contribution in [-0.2, 0) is 14.3 Å². The number of hydrogen-bond acceptors (Lipinski definition) is 4. The molecule has 0 aliphatic carbocycles. The number of nitrogens with zero attached hydrogens (tertiary/aromatic N) is 1. The lowest BCUT2D eigenvalue weighted by Gasteiger charge is -2.23. The maximum absolute atomic E-state index is 12.5. The summed E-state index contributed by atoms with van der Waals surface area (Å²) in [7, 11) is 1.27. The van der Waals surface area contributed by atoms with Crippen molar-refractivity contribution in [1.82, 2.24) is 0 Å². The standard InChI is InChI=1S/C20H22N2O4/c1-13-8-7-9-14(2)19(13)21-18(24)12-22(15(3)23)17-11-6-5-10-16(17)20(25)26-4/h5-11H,12H2,1-4H3,(H,21,24). The Morgan fingerprint density at radius 3 is 2.19 bits per heavy atom. The molecular formula is C20H22N2O4. The molecule has 1 N–H and O–H groups in total. The van der Waals surface area contributed by atoms with Gasteiger partial charge in [-0.2, -0.15) is 0 Å². The van der Waals surface area contributed by atoms with E-state index in [1.807, 2.05) is 32.0 Å². The first-order valence-electron chi connectivity index (χ1n) is 8.16. The second kappa shape index (κ2) is 8.29. The molecule has 0 unspecified atom stereocenters. The number of para-hydroxylation sites is 2. The second-order valence-corrected chi connectivity index (χ2v) is 5.93. The summed E-state index contributed by atoms with van der Waals surface area (Å²) in [5.74, 6) is -1.27. The molecule has 0 spiro atoms. The first kappa shape index (κ1) is 19.2. The number of benzene rings is 2. The second-order valence-electron chi connectivity index (χ2n) is 5.93. The molecular weight excluding hydrogens is 332 g/mol. The molecule has 0 saturated heterocycles. The summed E-state index contributed by atoms with van der Waals surface area (Å²) in [6, 6.07) is 12.2. The molecule has 0 aliphatic rings. The van der Waals surface area contributed by atoms with Gasteiger partial charge in [-0.1, -0.05) is 30.3 Å². The number of carbonyl (C=O) groups is 3. The molecule has 6 heteroatoms. The van der Waals surface area contributed by atoms with Crippen molar-refractivity contribution in [3.8, 4) is 0 Å². The fourth-order valence-electron chi connectivity index (χ4n) is 2.69. The van der Waals surface area contributed by atoms with Crippen molar-refractivity contribution in [1.29, 1.82) is 0 Å². The summed E-state index contributed by atoms with van der Waals surface area (Å²) >= 11 is 0. The first-order valence-corrected chi connectivity index (χ1v) is 8.16. The van der Waals surface area contributed by atoms with E-state index in [1.54, 1.807) is 24.3 Å². The molecule has 0 atom stereocenters. The minimum Gasteiger partial charge on any atom is -0.465 e. The third-order valence-electron chi connectivity index (χ3n) is 4.03. The number of methoxy groups -OCH3 is 1. The molecule has 6 nitrogen and oxygen atoms in total. The van der Waals surface area contributed by atoms with Gasteiger partial charge in [-0.3, -0.25) is 9.59 Å². The summed E-state index contributed by atoms with van der Waals surface area (Å²) in [5, 5.41) is 2.85. The number of anilines is 2. The van der Waals surface area contributed by atoms with E-state index >= 15 is 0 Å². The van der Waals surface area contributed by atoms with Crippen molar-refractivity contribution >= 4 is 29.2 Å². The number of rotatable bonds is 5. The van der Waals surface area contributed by atoms with Crippen LogP contribution in [0.25, 0.3) is 0 Å². The summed E-state index contributed by atoms with van der Waals surface area (Å²) in [6.45, 7) is 4.94. The van der Waals surface area contributed by atoms with Gasteiger partial charge < -0.3 is 15.0 Å². The van der Waals surface area contributed by atoms with Crippen LogP contribution in [0, 0.1) is 13.8 Å². The zero-order valence-corrected chi connectivity index (χ0v) is 15.3. The monoisotopic (exact) mass is 354 g/mol. The van der Waals surface area contributed by atoms with E-state index in [-0.39, 0.29) is 23.9 Å². The summed E-state index contributed by atoms with van der Waals surface area (Å²) < 4.78 is 4.76. The van der Waals surface area contributed by atoms with E-state index in [0.717, 1.165) is 16.8 Å². The molecule has 0 aliphatic heterocycles. The average molecular weight is 354 g/mol. The number of carbonyl (C=O) groups excluding carboxylic acids is 3. The smallest absolute Gasteiger partial charge is 0.339 e. The van der Waals surface area contributed by atoms with Gasteiger partial charge in [0.05, 0.1) is 18.4 Å². The minimum atomic E-state index is -0.568. The molecule has 136 valence electrons. The third kappa shape index (κ3) is 4.27. The van der Waals surface area contributed by atoms with E-state index in [9.17, 15) is 14.4 Å². The van der Waals surface area contributed by atoms with Crippen LogP contribution in [0.3, 0.4) is 0 Å². The summed E-state index contributed by atoms with van der Waals surface area (Å²) in [4.78, 5) is 37.9. The van der Waals surface area contributed by atoms with Crippen LogP contribution in [0.5, 0.6) is 0 Å². The van der Waals surface area contributed by atoms with E-state index in [4.69, 9.17) is 4.74 Å². The van der Waals surface area contributed by atoms with Gasteiger partial charge in [-0.05, 0) is 37.1 Å². The van der Waals surface area contributed by atoms with Crippen LogP contribution in [0.2, 0.25) is 0 Å². The molecule has 0 fully saturated rings. The Morgan fingerprint density at radius 2 is 1.62 bits per heavy atom. The third-order valence-corrected chi connectivity index (χ3v) is 4.03. The first-order chi connectivity index (χ1) is 12.3. The maximum atomic E-state index is 12.5. The lowest BCUT2D eigenvalue weighted by Crippen LogP contribution is -2.37. The zero-order valence-electron chi connectivity index (χ0n) is 15.3. The van der Waals surface area contributed by atoms with Crippen molar-refractivity contribution in [3.63, 3.8) is 0 Å². The van der Waals surface area contributed by atoms with Crippen LogP contribution in [0.4, 0.5) is 11.4 Å². The Kier molecular flexibility index (Phi) is 6.11. The Bertz CT molecular complexity index is 825. The van der Waals surface area contributed by atoms with Crippen molar-refractivity contribution in [2.24, 2.45) is 0 Å². The molecule has 2 aromatic carbocycles. The quantitative estimate of drug-likeness (QED) is 0.837. The highest BCUT2D eigenvalue weighted by Crippen LogP contribution is 2.23. The predicted octanol–water partition coefficient (Wildman–Crippen LogP) is 3.08. The molecule has 2 amide bonds. The van der Waals surface area contributed by atoms with Gasteiger partial charge in [-0.15, -0.1) is 0 Å². The van der Waals surface area contributed by atoms with Gasteiger partial charge in [0.15, 0.2) is 0 Å². The fourth-order valence-corrected chi connectivity index (χ4v) is 2.69. The van der Waals surface area contributed by atoms with E-state index in [2.05, 4.69) is 5.32 Å². The highest BCUT2D eigenvalue weighted by molar-refractivity contribution is 6.06. The van der Waals surface area contributed by atoms with Crippen LogP contribution < -0.4 is 10.2 Å². The number of amides is 2. The summed E-state index contributed by atoms with van der Waals surface area (Å²) in [6.07, 6.45) is 0. The molecule has 0 saturated carbocycles. The van der Waals surface area contributed by atoms with Crippen LogP contribution in [-0.4, -0.2) is 31.4 Å². The molecule has 26 heavy (non-hydrogen) atoms. The average Bonchev–Trinajstić information content (AvgIpc) is 2.62. The highest BCUT2D eigenvalue weighted by Gasteiger charge is 2.22. The van der Waals surface area contributed by atoms with Gasteiger partial charge in [0.25, 0.3) is 0 Å². The number of hydrogen-bond donors (Lipinski definition) is 1. The molecule has 0 bridgehead atoms. The van der Waals surface area contributed by atoms with Crippen LogP contribution in [0.15, 0.2) is 42.5 Å². The van der Waals surface area contributed by atoms with Crippen molar-refractivity contribution < 1.29 is 19.1 Å². The van der Waals surface area contributed by atoms with Crippen molar-refractivity contribution in [2.45, 2.75) is 20.8 Å². The zero-order chi connectivity index (χ0) is 19.3. The van der Waals surface area contributed by atoms with Crippen molar-refractivity contribution in [3.05, 3.63) is 59.2 Å². The Balaban J connectivity index is 2.28. The Morgan fingerprint density at radius 1 is 1.00 bits per heavy atom. The topological polar surface area (TPSA) is 75.7 Å². The number of nitrogens with one attached hydrogen (secondary N) is 1. The van der Waals surface area contributed by atoms with E-state index in [0.29, 0.717) is 5.69 Å². The van der Waals surface area contributed by atoms with Crippen LogP contribution >= 0.6 is 0 Å². The largest absolute Gasteiger partial charge is 0.465 e. The normalized spacial score (nSPS) is 10.2. The van der Waals surface area contributed by atoms with Gasteiger partial charge in [0.2, 0.25) is 11.8 Å². The molecule has 2 rings (SSSR count). The van der Waals surface area contributed by atoms with Gasteiger partial charge in [-0.25, -0.2) is 4.79 Å². The van der Waals surface area contributed by atoms with Crippen LogP contribution in [0.1, 0.15) is 28.4 Å². The molecule has 2 aromatic rings. The molecule has 0 aromatic heterocycles. The number of esters is 1. The Labute approximate surface area is 152 Å². The number of aryl methyl sites for hydroxylation is 2. The van der Waals surface area contributed by atoms with Gasteiger partial charge >= 0.3 is 5.97 Å². The minimum absolute atomic E-state index is 0.211. The highest BCUT2D eigenvalue weighted by atomic mass is 16.5. The van der Waals surface area contributed by atoms with Gasteiger partial charge in [0.1, 0.15) is 6.54 Å². The fraction of sp³-hybridized carbons (Fsp3) is 0.250. The number of ether oxygens (including phenoxy) is 1. The molecule has 0 heterocycles. The van der Waals surface area contributed by atoms with Crippen molar-refractivity contribution in [2.75, 3.05) is 23.9 Å². The van der Waals surface area contributed by atoms with E-state index < -0.39 is 5.97 Å². The Hall–Kier alpha value is -3.15. The predicted molar refractivity (Wildman–Crippen MR) is 100 cm³/mol. The maximum Gasteiger partial charge on any atom is 0.339 e. The lowest BCUT2D eigenvalue weighted by molar-refractivity contribution is -0.120. The van der Waals surface area contributed by atoms with Gasteiger partial charge in [0, 0.05) is 12.6 Å². The molecule has 0 radical (unpaired) electrons. The summed E-state index contributed by atoms with van der Waals surface area (Å²) in [5.41, 5.74) is 3.15. The van der Waals surface area contributed by atoms with E-state index in [1.165, 1.54) is 18.9 Å². The SMILES string of the molecule is COC(=O)c1ccccc1N(CC(=O)Nc1c(C)cccc1C)C(C)=O.